The molecule has 0 aromatic heterocycles. The highest BCUT2D eigenvalue weighted by atomic mass is 16.5. The lowest BCUT2D eigenvalue weighted by Gasteiger charge is -2.41. The van der Waals surface area contributed by atoms with Crippen LogP contribution in [0.25, 0.3) is 0 Å². The van der Waals surface area contributed by atoms with Crippen LogP contribution in [0.4, 0.5) is 0 Å². The Kier molecular flexibility index (Phi) is 3.99. The third-order valence-electron chi connectivity index (χ3n) is 4.61. The summed E-state index contributed by atoms with van der Waals surface area (Å²) >= 11 is 0. The fourth-order valence-electron chi connectivity index (χ4n) is 3.15. The number of ether oxygens (including phenoxy) is 1. The number of nitrogens with zero attached hydrogens (tertiary/aromatic N) is 1. The van der Waals surface area contributed by atoms with Gasteiger partial charge in [0.25, 0.3) is 0 Å². The van der Waals surface area contributed by atoms with E-state index in [1.165, 1.54) is 0 Å². The summed E-state index contributed by atoms with van der Waals surface area (Å²) in [5.41, 5.74) is 4.80. The molecule has 0 unspecified atom stereocenters. The zero-order chi connectivity index (χ0) is 13.9. The number of hydrogen-bond acceptors (Lipinski definition) is 4. The second-order valence-corrected chi connectivity index (χ2v) is 5.74. The normalized spacial score (nSPS) is 24.8. The monoisotopic (exact) mass is 269 g/mol. The van der Waals surface area contributed by atoms with E-state index in [9.17, 15) is 4.79 Å². The van der Waals surface area contributed by atoms with Crippen molar-refractivity contribution in [3.8, 4) is 0 Å². The topological polar surface area (TPSA) is 96.9 Å². The Labute approximate surface area is 113 Å². The van der Waals surface area contributed by atoms with Gasteiger partial charge in [0.15, 0.2) is 5.84 Å². The molecular formula is C13H23N3O3. The average Bonchev–Trinajstić information content (AvgIpc) is 2.82. The fraction of sp³-hybridized carbons (Fsp3) is 0.846. The van der Waals surface area contributed by atoms with Crippen molar-refractivity contribution in [2.75, 3.05) is 7.11 Å². The molecule has 19 heavy (non-hydrogen) atoms. The number of methoxy groups -OCH3 is 1. The predicted octanol–water partition coefficient (Wildman–Crippen LogP) is 1.12. The number of nitrogens with two attached hydrogens (primary N) is 1. The molecule has 0 bridgehead atoms. The van der Waals surface area contributed by atoms with Gasteiger partial charge < -0.3 is 21.0 Å². The number of nitrogens with one attached hydrogen (secondary N) is 1. The molecule has 6 nitrogen and oxygen atoms in total. The predicted molar refractivity (Wildman–Crippen MR) is 71.0 cm³/mol. The highest BCUT2D eigenvalue weighted by molar-refractivity contribution is 5.94. The van der Waals surface area contributed by atoms with Crippen molar-refractivity contribution in [1.29, 1.82) is 0 Å². The number of oxime groups is 1. The minimum Gasteiger partial charge on any atom is -0.409 e. The zero-order valence-corrected chi connectivity index (χ0v) is 11.4. The molecule has 6 heteroatoms. The lowest BCUT2D eigenvalue weighted by atomic mass is 9.77. The summed E-state index contributed by atoms with van der Waals surface area (Å²) in [5.74, 6) is 0.0356. The number of amides is 1. The zero-order valence-electron chi connectivity index (χ0n) is 11.4. The van der Waals surface area contributed by atoms with Gasteiger partial charge in [0.2, 0.25) is 5.91 Å². The molecule has 0 radical (unpaired) electrons. The summed E-state index contributed by atoms with van der Waals surface area (Å²) < 4.78 is 5.46. The molecule has 0 heterocycles. The Morgan fingerprint density at radius 3 is 2.37 bits per heavy atom. The molecule has 0 aliphatic heterocycles. The van der Waals surface area contributed by atoms with Gasteiger partial charge in [-0.1, -0.05) is 18.0 Å². The van der Waals surface area contributed by atoms with E-state index in [2.05, 4.69) is 10.5 Å². The van der Waals surface area contributed by atoms with E-state index in [0.717, 1.165) is 44.9 Å². The molecule has 0 aromatic rings. The van der Waals surface area contributed by atoms with Gasteiger partial charge in [-0.25, -0.2) is 0 Å². The van der Waals surface area contributed by atoms with Crippen LogP contribution >= 0.6 is 0 Å². The van der Waals surface area contributed by atoms with Crippen molar-refractivity contribution in [3.63, 3.8) is 0 Å². The summed E-state index contributed by atoms with van der Waals surface area (Å²) in [6.07, 6.45) is 6.72. The molecule has 0 aromatic carbocycles. The second-order valence-electron chi connectivity index (χ2n) is 5.74. The maximum Gasteiger partial charge on any atom is 0.223 e. The van der Waals surface area contributed by atoms with Crippen LogP contribution < -0.4 is 11.1 Å². The maximum absolute atomic E-state index is 12.2. The first kappa shape index (κ1) is 14.1. The minimum absolute atomic E-state index is 0.0740. The number of hydrogen-bond donors (Lipinski definition) is 3. The van der Waals surface area contributed by atoms with Gasteiger partial charge in [-0.3, -0.25) is 4.79 Å². The first-order valence-corrected chi connectivity index (χ1v) is 6.90. The van der Waals surface area contributed by atoms with E-state index < -0.39 is 5.54 Å². The lowest BCUT2D eigenvalue weighted by Crippen LogP contribution is -2.57. The van der Waals surface area contributed by atoms with Crippen LogP contribution in [-0.4, -0.2) is 35.2 Å². The highest BCUT2D eigenvalue weighted by Gasteiger charge is 2.43. The molecule has 2 saturated carbocycles. The van der Waals surface area contributed by atoms with Gasteiger partial charge in [-0.05, 0) is 32.1 Å². The first-order valence-electron chi connectivity index (χ1n) is 6.90. The smallest absolute Gasteiger partial charge is 0.223 e. The third kappa shape index (κ3) is 2.68. The van der Waals surface area contributed by atoms with Crippen molar-refractivity contribution in [2.24, 2.45) is 10.9 Å². The first-order chi connectivity index (χ1) is 9.06. The van der Waals surface area contributed by atoms with Crippen molar-refractivity contribution in [2.45, 2.75) is 62.5 Å². The van der Waals surface area contributed by atoms with Crippen LogP contribution in [-0.2, 0) is 9.53 Å². The van der Waals surface area contributed by atoms with Gasteiger partial charge in [-0.15, -0.1) is 0 Å². The van der Waals surface area contributed by atoms with Crippen molar-refractivity contribution >= 4 is 11.7 Å². The summed E-state index contributed by atoms with van der Waals surface area (Å²) in [7, 11) is 1.65. The molecule has 2 fully saturated rings. The van der Waals surface area contributed by atoms with E-state index in [0.29, 0.717) is 6.42 Å². The largest absolute Gasteiger partial charge is 0.409 e. The third-order valence-corrected chi connectivity index (χ3v) is 4.61. The van der Waals surface area contributed by atoms with E-state index >= 15 is 0 Å². The van der Waals surface area contributed by atoms with Crippen LogP contribution in [0.3, 0.4) is 0 Å². The van der Waals surface area contributed by atoms with Crippen LogP contribution in [0.15, 0.2) is 5.16 Å². The van der Waals surface area contributed by atoms with Gasteiger partial charge in [0, 0.05) is 7.11 Å². The molecule has 0 saturated heterocycles. The Bertz CT molecular complexity index is 366. The van der Waals surface area contributed by atoms with Crippen LogP contribution in [0, 0.1) is 0 Å². The van der Waals surface area contributed by atoms with Gasteiger partial charge in [0.1, 0.15) is 5.54 Å². The summed E-state index contributed by atoms with van der Waals surface area (Å²) in [5, 5.41) is 15.0. The molecule has 1 amide bonds. The quantitative estimate of drug-likeness (QED) is 0.301. The Morgan fingerprint density at radius 1 is 1.32 bits per heavy atom. The number of rotatable bonds is 5. The molecule has 4 N–H and O–H groups in total. The standard InChI is InChI=1S/C13H23N3O3/c1-19-12(5-4-6-12)9-10(17)15-13(11(14)16-18)7-2-3-8-13/h18H,2-9H2,1H3,(H2,14,16)(H,15,17). The van der Waals surface area contributed by atoms with Crippen molar-refractivity contribution < 1.29 is 14.7 Å². The SMILES string of the molecule is COC1(CC(=O)NC2(C(N)=NO)CCCC2)CCC1. The van der Waals surface area contributed by atoms with Crippen LogP contribution in [0.5, 0.6) is 0 Å². The lowest BCUT2D eigenvalue weighted by molar-refractivity contribution is -0.135. The van der Waals surface area contributed by atoms with Crippen LogP contribution in [0.2, 0.25) is 0 Å². The highest BCUT2D eigenvalue weighted by Crippen LogP contribution is 2.38. The van der Waals surface area contributed by atoms with Crippen LogP contribution in [0.1, 0.15) is 51.4 Å². The summed E-state index contributed by atoms with van der Waals surface area (Å²) in [4.78, 5) is 12.2. The minimum atomic E-state index is -0.662. The van der Waals surface area contributed by atoms with Gasteiger partial charge in [0.05, 0.1) is 12.0 Å². The second kappa shape index (κ2) is 5.36. The summed E-state index contributed by atoms with van der Waals surface area (Å²) in [6.45, 7) is 0. The van der Waals surface area contributed by atoms with E-state index in [1.807, 2.05) is 0 Å². The van der Waals surface area contributed by atoms with Crippen molar-refractivity contribution in [1.82, 2.24) is 5.32 Å². The number of carbonyl (C=O) groups excluding carboxylic acids is 1. The molecular weight excluding hydrogens is 246 g/mol. The van der Waals surface area contributed by atoms with E-state index in [1.54, 1.807) is 7.11 Å². The molecule has 0 atom stereocenters. The molecule has 2 aliphatic carbocycles. The number of carbonyl (C=O) groups is 1. The van der Waals surface area contributed by atoms with Crippen molar-refractivity contribution in [3.05, 3.63) is 0 Å². The Balaban J connectivity index is 2.00. The Morgan fingerprint density at radius 2 is 1.95 bits per heavy atom. The fourth-order valence-corrected chi connectivity index (χ4v) is 3.15. The Hall–Kier alpha value is -1.30. The summed E-state index contributed by atoms with van der Waals surface area (Å²) in [6, 6.07) is 0. The maximum atomic E-state index is 12.2. The van der Waals surface area contributed by atoms with Gasteiger partial charge >= 0.3 is 0 Å². The molecule has 2 rings (SSSR count). The molecule has 108 valence electrons. The number of amidine groups is 1. The van der Waals surface area contributed by atoms with Gasteiger partial charge in [-0.2, -0.15) is 0 Å². The molecule has 0 spiro atoms. The average molecular weight is 269 g/mol. The molecule has 2 aliphatic rings. The van der Waals surface area contributed by atoms with E-state index in [-0.39, 0.29) is 17.3 Å². The van der Waals surface area contributed by atoms with E-state index in [4.69, 9.17) is 15.7 Å².